The second-order valence-electron chi connectivity index (χ2n) is 6.91. The molecule has 7 heteroatoms. The number of methoxy groups -OCH3 is 1. The second-order valence-corrected chi connectivity index (χ2v) is 7.76. The Morgan fingerprint density at radius 2 is 1.65 bits per heavy atom. The molecular formula is C24H18Cl2N2O3. The monoisotopic (exact) mass is 452 g/mol. The number of nitrogens with zero attached hydrogens (tertiary/aromatic N) is 1. The van der Waals surface area contributed by atoms with Crippen LogP contribution in [0, 0.1) is 6.92 Å². The molecule has 0 bridgehead atoms. The molecule has 1 aliphatic heterocycles. The number of ether oxygens (including phenoxy) is 1. The van der Waals surface area contributed by atoms with Crippen molar-refractivity contribution in [1.29, 1.82) is 0 Å². The third kappa shape index (κ3) is 3.78. The largest absolute Gasteiger partial charge is 0.496 e. The molecule has 5 nitrogen and oxygen atoms in total. The topological polar surface area (TPSA) is 58.6 Å². The summed E-state index contributed by atoms with van der Waals surface area (Å²) < 4.78 is 5.46. The number of nitrogens with one attached hydrogen (secondary N) is 1. The minimum absolute atomic E-state index is 0.139. The Morgan fingerprint density at radius 1 is 0.903 bits per heavy atom. The molecule has 156 valence electrons. The highest BCUT2D eigenvalue weighted by atomic mass is 35.5. The van der Waals surface area contributed by atoms with E-state index < -0.39 is 11.8 Å². The van der Waals surface area contributed by atoms with Crippen molar-refractivity contribution in [2.24, 2.45) is 0 Å². The number of hydrogen-bond donors (Lipinski definition) is 1. The van der Waals surface area contributed by atoms with E-state index in [-0.39, 0.29) is 11.3 Å². The molecular weight excluding hydrogens is 435 g/mol. The molecule has 0 unspecified atom stereocenters. The number of amides is 2. The van der Waals surface area contributed by atoms with Crippen molar-refractivity contribution in [1.82, 2.24) is 0 Å². The average Bonchev–Trinajstić information content (AvgIpc) is 3.00. The average molecular weight is 453 g/mol. The number of para-hydroxylation sites is 1. The highest BCUT2D eigenvalue weighted by molar-refractivity contribution is 6.46. The molecule has 31 heavy (non-hydrogen) atoms. The Bertz CT molecular complexity index is 1240. The third-order valence-corrected chi connectivity index (χ3v) is 5.70. The van der Waals surface area contributed by atoms with Crippen molar-refractivity contribution in [3.05, 3.63) is 93.6 Å². The lowest BCUT2D eigenvalue weighted by atomic mass is 10.0. The van der Waals surface area contributed by atoms with Gasteiger partial charge in [0, 0.05) is 21.3 Å². The van der Waals surface area contributed by atoms with E-state index in [2.05, 4.69) is 5.32 Å². The van der Waals surface area contributed by atoms with Crippen molar-refractivity contribution >= 4 is 52.0 Å². The van der Waals surface area contributed by atoms with Crippen LogP contribution in [0.15, 0.2) is 72.4 Å². The molecule has 0 saturated heterocycles. The Hall–Kier alpha value is -3.28. The van der Waals surface area contributed by atoms with E-state index in [9.17, 15) is 9.59 Å². The maximum Gasteiger partial charge on any atom is 0.282 e. The van der Waals surface area contributed by atoms with Crippen LogP contribution >= 0.6 is 23.2 Å². The fourth-order valence-electron chi connectivity index (χ4n) is 3.47. The van der Waals surface area contributed by atoms with Gasteiger partial charge in [0.2, 0.25) is 0 Å². The second kappa shape index (κ2) is 8.46. The summed E-state index contributed by atoms with van der Waals surface area (Å²) in [6.45, 7) is 1.84. The van der Waals surface area contributed by atoms with Crippen molar-refractivity contribution in [2.45, 2.75) is 6.92 Å². The first-order valence-electron chi connectivity index (χ1n) is 9.46. The van der Waals surface area contributed by atoms with E-state index in [1.165, 1.54) is 7.11 Å². The molecule has 4 rings (SSSR count). The van der Waals surface area contributed by atoms with Gasteiger partial charge >= 0.3 is 0 Å². The molecule has 0 spiro atoms. The van der Waals surface area contributed by atoms with E-state index in [1.54, 1.807) is 66.7 Å². The Balaban J connectivity index is 1.90. The first-order valence-corrected chi connectivity index (χ1v) is 10.2. The molecule has 0 radical (unpaired) electrons. The zero-order chi connectivity index (χ0) is 22.1. The number of anilines is 2. The maximum atomic E-state index is 13.5. The molecule has 3 aromatic rings. The summed E-state index contributed by atoms with van der Waals surface area (Å²) in [6, 6.07) is 19.0. The molecule has 0 atom stereocenters. The van der Waals surface area contributed by atoms with E-state index in [0.717, 1.165) is 10.5 Å². The predicted molar refractivity (Wildman–Crippen MR) is 124 cm³/mol. The van der Waals surface area contributed by atoms with Gasteiger partial charge in [-0.15, -0.1) is 0 Å². The fraction of sp³-hybridized carbons (Fsp3) is 0.0833. The zero-order valence-electron chi connectivity index (χ0n) is 16.8. The van der Waals surface area contributed by atoms with Crippen LogP contribution in [0.2, 0.25) is 10.0 Å². The first-order chi connectivity index (χ1) is 14.9. The molecule has 2 amide bonds. The van der Waals surface area contributed by atoms with E-state index >= 15 is 0 Å². The third-order valence-electron chi connectivity index (χ3n) is 5.05. The van der Waals surface area contributed by atoms with Gasteiger partial charge in [-0.3, -0.25) is 9.59 Å². The van der Waals surface area contributed by atoms with Crippen molar-refractivity contribution in [2.75, 3.05) is 17.3 Å². The standard InChI is InChI=1S/C24H18Cl2N2O3/c1-14-18(26)10-6-11-19(14)27-22-21(17-9-3-4-12-20(17)31-2)23(29)28(24(22)30)16-8-5-7-15(25)13-16/h3-13,27H,1-2H3. The molecule has 0 saturated carbocycles. The lowest BCUT2D eigenvalue weighted by Crippen LogP contribution is -2.32. The van der Waals surface area contributed by atoms with Crippen LogP contribution in [0.4, 0.5) is 11.4 Å². The zero-order valence-corrected chi connectivity index (χ0v) is 18.3. The van der Waals surface area contributed by atoms with Crippen LogP contribution in [-0.2, 0) is 9.59 Å². The summed E-state index contributed by atoms with van der Waals surface area (Å²) in [6.07, 6.45) is 0. The smallest absolute Gasteiger partial charge is 0.282 e. The van der Waals surface area contributed by atoms with Crippen molar-refractivity contribution in [3.63, 3.8) is 0 Å². The number of benzene rings is 3. The fourth-order valence-corrected chi connectivity index (χ4v) is 3.83. The van der Waals surface area contributed by atoms with Gasteiger partial charge in [-0.1, -0.05) is 53.5 Å². The highest BCUT2D eigenvalue weighted by Gasteiger charge is 2.41. The van der Waals surface area contributed by atoms with Gasteiger partial charge in [-0.2, -0.15) is 0 Å². The van der Waals surface area contributed by atoms with Gasteiger partial charge in [0.1, 0.15) is 11.4 Å². The number of carbonyl (C=O) groups excluding carboxylic acids is 2. The van der Waals surface area contributed by atoms with Crippen molar-refractivity contribution < 1.29 is 14.3 Å². The van der Waals surface area contributed by atoms with Gasteiger partial charge in [0.15, 0.2) is 0 Å². The van der Waals surface area contributed by atoms with Gasteiger partial charge in [0.25, 0.3) is 11.8 Å². The number of carbonyl (C=O) groups is 2. The summed E-state index contributed by atoms with van der Waals surface area (Å²) in [5.74, 6) is -0.486. The van der Waals surface area contributed by atoms with Crippen LogP contribution in [0.3, 0.4) is 0 Å². The van der Waals surface area contributed by atoms with Crippen LogP contribution < -0.4 is 15.0 Å². The minimum atomic E-state index is -0.493. The summed E-state index contributed by atoms with van der Waals surface area (Å²) >= 11 is 12.4. The number of rotatable bonds is 5. The summed E-state index contributed by atoms with van der Waals surface area (Å²) in [7, 11) is 1.52. The summed E-state index contributed by atoms with van der Waals surface area (Å²) in [5.41, 5.74) is 2.63. The molecule has 3 aromatic carbocycles. The van der Waals surface area contributed by atoms with Gasteiger partial charge in [-0.25, -0.2) is 4.90 Å². The molecule has 1 aliphatic rings. The lowest BCUT2D eigenvalue weighted by molar-refractivity contribution is -0.120. The molecule has 0 aromatic heterocycles. The van der Waals surface area contributed by atoms with E-state index in [4.69, 9.17) is 27.9 Å². The Kier molecular flexibility index (Phi) is 5.72. The Morgan fingerprint density at radius 3 is 2.39 bits per heavy atom. The Labute approximate surface area is 189 Å². The van der Waals surface area contributed by atoms with Crippen LogP contribution in [-0.4, -0.2) is 18.9 Å². The van der Waals surface area contributed by atoms with Gasteiger partial charge < -0.3 is 10.1 Å². The molecule has 0 fully saturated rings. The van der Waals surface area contributed by atoms with Crippen LogP contribution in [0.1, 0.15) is 11.1 Å². The summed E-state index contributed by atoms with van der Waals surface area (Å²) in [4.78, 5) is 28.1. The van der Waals surface area contributed by atoms with E-state index in [1.807, 2.05) is 6.92 Å². The van der Waals surface area contributed by atoms with Crippen molar-refractivity contribution in [3.8, 4) is 5.75 Å². The van der Waals surface area contributed by atoms with Gasteiger partial charge in [-0.05, 0) is 48.9 Å². The number of imide groups is 1. The van der Waals surface area contributed by atoms with Gasteiger partial charge in [0.05, 0.1) is 18.4 Å². The lowest BCUT2D eigenvalue weighted by Gasteiger charge is -2.16. The molecule has 1 N–H and O–H groups in total. The number of halogens is 2. The normalized spacial score (nSPS) is 13.7. The predicted octanol–water partition coefficient (Wildman–Crippen LogP) is 5.71. The van der Waals surface area contributed by atoms with Crippen LogP contribution in [0.5, 0.6) is 5.75 Å². The summed E-state index contributed by atoms with van der Waals surface area (Å²) in [5, 5.41) is 4.11. The minimum Gasteiger partial charge on any atom is -0.496 e. The first kappa shape index (κ1) is 21.0. The molecule has 1 heterocycles. The maximum absolute atomic E-state index is 13.5. The van der Waals surface area contributed by atoms with Crippen LogP contribution in [0.25, 0.3) is 5.57 Å². The quantitative estimate of drug-likeness (QED) is 0.503. The number of hydrogen-bond acceptors (Lipinski definition) is 4. The molecule has 0 aliphatic carbocycles. The van der Waals surface area contributed by atoms with E-state index in [0.29, 0.717) is 32.7 Å². The SMILES string of the molecule is COc1ccccc1C1=C(Nc2cccc(Cl)c2C)C(=O)N(c2cccc(Cl)c2)C1=O. The highest BCUT2D eigenvalue weighted by Crippen LogP contribution is 2.38.